The quantitative estimate of drug-likeness (QED) is 0.648. The first-order chi connectivity index (χ1) is 8.79. The summed E-state index contributed by atoms with van der Waals surface area (Å²) in [7, 11) is 0. The molecule has 1 aromatic carbocycles. The Labute approximate surface area is 114 Å². The minimum Gasteiger partial charge on any atom is -0.492 e. The van der Waals surface area contributed by atoms with Gasteiger partial charge in [-0.3, -0.25) is 0 Å². The number of benzene rings is 1. The summed E-state index contributed by atoms with van der Waals surface area (Å²) in [4.78, 5) is 11.1. The van der Waals surface area contributed by atoms with Crippen LogP contribution < -0.4 is 0 Å². The SMILES string of the molecule is C/C(C(=O)O)=C(/CCc1ccccc1)OC(C)(C)C. The van der Waals surface area contributed by atoms with E-state index in [-0.39, 0.29) is 11.2 Å². The van der Waals surface area contributed by atoms with Crippen LogP contribution in [-0.2, 0) is 16.0 Å². The predicted molar refractivity (Wildman–Crippen MR) is 75.9 cm³/mol. The molecule has 0 saturated carbocycles. The number of hydrogen-bond acceptors (Lipinski definition) is 2. The smallest absolute Gasteiger partial charge is 0.334 e. The highest BCUT2D eigenvalue weighted by atomic mass is 16.5. The van der Waals surface area contributed by atoms with Crippen molar-refractivity contribution in [3.8, 4) is 0 Å². The van der Waals surface area contributed by atoms with Gasteiger partial charge in [-0.25, -0.2) is 4.79 Å². The Kier molecular flexibility index (Phi) is 5.16. The lowest BCUT2D eigenvalue weighted by molar-refractivity contribution is -0.133. The van der Waals surface area contributed by atoms with Crippen LogP contribution >= 0.6 is 0 Å². The van der Waals surface area contributed by atoms with Crippen molar-refractivity contribution in [1.82, 2.24) is 0 Å². The molecule has 0 heterocycles. The molecule has 0 aromatic heterocycles. The summed E-state index contributed by atoms with van der Waals surface area (Å²) in [6.45, 7) is 7.36. The Hall–Kier alpha value is -1.77. The van der Waals surface area contributed by atoms with Gasteiger partial charge in [0, 0.05) is 6.42 Å². The maximum atomic E-state index is 11.1. The fourth-order valence-corrected chi connectivity index (χ4v) is 1.71. The van der Waals surface area contributed by atoms with E-state index in [1.165, 1.54) is 5.56 Å². The molecular weight excluding hydrogens is 240 g/mol. The Morgan fingerprint density at radius 2 is 1.79 bits per heavy atom. The topological polar surface area (TPSA) is 46.5 Å². The Morgan fingerprint density at radius 3 is 2.26 bits per heavy atom. The van der Waals surface area contributed by atoms with Crippen LogP contribution in [0.3, 0.4) is 0 Å². The lowest BCUT2D eigenvalue weighted by Gasteiger charge is -2.24. The van der Waals surface area contributed by atoms with E-state index in [4.69, 9.17) is 9.84 Å². The van der Waals surface area contributed by atoms with E-state index in [0.717, 1.165) is 6.42 Å². The largest absolute Gasteiger partial charge is 0.492 e. The molecule has 0 fully saturated rings. The number of ether oxygens (including phenoxy) is 1. The average Bonchev–Trinajstić information content (AvgIpc) is 2.33. The minimum atomic E-state index is -0.924. The maximum Gasteiger partial charge on any atom is 0.334 e. The lowest BCUT2D eigenvalue weighted by Crippen LogP contribution is -2.21. The van der Waals surface area contributed by atoms with Crippen LogP contribution in [0.5, 0.6) is 0 Å². The first-order valence-electron chi connectivity index (χ1n) is 6.45. The van der Waals surface area contributed by atoms with E-state index in [0.29, 0.717) is 12.2 Å². The number of carboxylic acids is 1. The first-order valence-corrected chi connectivity index (χ1v) is 6.45. The molecule has 0 saturated heterocycles. The van der Waals surface area contributed by atoms with E-state index in [1.54, 1.807) is 6.92 Å². The zero-order valence-electron chi connectivity index (χ0n) is 12.1. The van der Waals surface area contributed by atoms with Gasteiger partial charge in [0.05, 0.1) is 5.57 Å². The van der Waals surface area contributed by atoms with E-state index < -0.39 is 5.97 Å². The summed E-state index contributed by atoms with van der Waals surface area (Å²) < 4.78 is 5.78. The highest BCUT2D eigenvalue weighted by molar-refractivity contribution is 5.86. The molecule has 1 N–H and O–H groups in total. The molecule has 0 atom stereocenters. The number of hydrogen-bond donors (Lipinski definition) is 1. The monoisotopic (exact) mass is 262 g/mol. The number of aryl methyl sites for hydroxylation is 1. The molecule has 0 unspecified atom stereocenters. The molecule has 0 bridgehead atoms. The fraction of sp³-hybridized carbons (Fsp3) is 0.438. The third kappa shape index (κ3) is 5.60. The molecule has 1 aromatic rings. The maximum absolute atomic E-state index is 11.1. The van der Waals surface area contributed by atoms with Crippen LogP contribution in [0.1, 0.15) is 39.7 Å². The van der Waals surface area contributed by atoms with Gasteiger partial charge in [0.2, 0.25) is 0 Å². The van der Waals surface area contributed by atoms with Crippen LogP contribution in [-0.4, -0.2) is 16.7 Å². The molecule has 0 aliphatic heterocycles. The number of rotatable bonds is 5. The molecule has 104 valence electrons. The van der Waals surface area contributed by atoms with Crippen molar-refractivity contribution < 1.29 is 14.6 Å². The van der Waals surface area contributed by atoms with Crippen LogP contribution in [0.4, 0.5) is 0 Å². The summed E-state index contributed by atoms with van der Waals surface area (Å²) in [5, 5.41) is 9.11. The summed E-state index contributed by atoms with van der Waals surface area (Å²) in [5.41, 5.74) is 1.07. The van der Waals surface area contributed by atoms with E-state index in [2.05, 4.69) is 0 Å². The number of aliphatic carboxylic acids is 1. The van der Waals surface area contributed by atoms with Gasteiger partial charge in [0.1, 0.15) is 11.4 Å². The van der Waals surface area contributed by atoms with Gasteiger partial charge in [-0.2, -0.15) is 0 Å². The van der Waals surface area contributed by atoms with Crippen molar-refractivity contribution in [3.05, 3.63) is 47.2 Å². The summed E-state index contributed by atoms with van der Waals surface area (Å²) >= 11 is 0. The first kappa shape index (κ1) is 15.3. The van der Waals surface area contributed by atoms with Gasteiger partial charge in [0.25, 0.3) is 0 Å². The van der Waals surface area contributed by atoms with Crippen LogP contribution in [0.2, 0.25) is 0 Å². The fourth-order valence-electron chi connectivity index (χ4n) is 1.71. The van der Waals surface area contributed by atoms with E-state index >= 15 is 0 Å². The molecule has 19 heavy (non-hydrogen) atoms. The van der Waals surface area contributed by atoms with E-state index in [9.17, 15) is 4.79 Å². The summed E-state index contributed by atoms with van der Waals surface area (Å²) in [6.07, 6.45) is 1.37. The third-order valence-corrected chi connectivity index (χ3v) is 2.65. The number of carboxylic acid groups (broad SMARTS) is 1. The highest BCUT2D eigenvalue weighted by Gasteiger charge is 2.18. The van der Waals surface area contributed by atoms with Gasteiger partial charge >= 0.3 is 5.97 Å². The second-order valence-electron chi connectivity index (χ2n) is 5.55. The standard InChI is InChI=1S/C16H22O3/c1-12(15(17)18)14(19-16(2,3)4)11-10-13-8-6-5-7-9-13/h5-9H,10-11H2,1-4H3,(H,17,18)/b14-12+. The van der Waals surface area contributed by atoms with E-state index in [1.807, 2.05) is 51.1 Å². The average molecular weight is 262 g/mol. The van der Waals surface area contributed by atoms with Crippen molar-refractivity contribution in [2.24, 2.45) is 0 Å². The molecule has 0 amide bonds. The molecule has 3 nitrogen and oxygen atoms in total. The minimum absolute atomic E-state index is 0.283. The van der Waals surface area contributed by atoms with Crippen molar-refractivity contribution in [3.63, 3.8) is 0 Å². The Morgan fingerprint density at radius 1 is 1.21 bits per heavy atom. The molecule has 0 aliphatic carbocycles. The molecular formula is C16H22O3. The second kappa shape index (κ2) is 6.41. The van der Waals surface area contributed by atoms with Gasteiger partial charge in [-0.15, -0.1) is 0 Å². The van der Waals surface area contributed by atoms with Crippen LogP contribution in [0.25, 0.3) is 0 Å². The van der Waals surface area contributed by atoms with Crippen molar-refractivity contribution in [1.29, 1.82) is 0 Å². The zero-order chi connectivity index (χ0) is 14.5. The highest BCUT2D eigenvalue weighted by Crippen LogP contribution is 2.21. The van der Waals surface area contributed by atoms with Crippen molar-refractivity contribution >= 4 is 5.97 Å². The molecule has 1 rings (SSSR count). The molecule has 0 radical (unpaired) electrons. The van der Waals surface area contributed by atoms with Crippen molar-refractivity contribution in [2.45, 2.75) is 46.1 Å². The normalized spacial score (nSPS) is 12.8. The molecule has 0 aliphatic rings. The number of carbonyl (C=O) groups is 1. The zero-order valence-corrected chi connectivity index (χ0v) is 12.1. The number of allylic oxidation sites excluding steroid dienone is 1. The van der Waals surface area contributed by atoms with Gasteiger partial charge in [-0.05, 0) is 39.7 Å². The Balaban J connectivity index is 2.82. The van der Waals surface area contributed by atoms with Crippen LogP contribution in [0, 0.1) is 0 Å². The molecule has 0 spiro atoms. The lowest BCUT2D eigenvalue weighted by atomic mass is 10.1. The van der Waals surface area contributed by atoms with Gasteiger partial charge in [-0.1, -0.05) is 30.3 Å². The second-order valence-corrected chi connectivity index (χ2v) is 5.55. The van der Waals surface area contributed by atoms with Gasteiger partial charge in [0.15, 0.2) is 0 Å². The van der Waals surface area contributed by atoms with Crippen molar-refractivity contribution in [2.75, 3.05) is 0 Å². The third-order valence-electron chi connectivity index (χ3n) is 2.65. The molecule has 3 heteroatoms. The summed E-state index contributed by atoms with van der Waals surface area (Å²) in [6, 6.07) is 9.99. The Bertz CT molecular complexity index is 453. The predicted octanol–water partition coefficient (Wildman–Crippen LogP) is 3.79. The van der Waals surface area contributed by atoms with Gasteiger partial charge < -0.3 is 9.84 Å². The van der Waals surface area contributed by atoms with Crippen LogP contribution in [0.15, 0.2) is 41.7 Å². The summed E-state index contributed by atoms with van der Waals surface area (Å²) in [5.74, 6) is -0.365.